The highest BCUT2D eigenvalue weighted by Gasteiger charge is 2.20. The van der Waals surface area contributed by atoms with Gasteiger partial charge in [-0.05, 0) is 37.8 Å². The molecule has 2 heterocycles. The first-order chi connectivity index (χ1) is 12.3. The summed E-state index contributed by atoms with van der Waals surface area (Å²) in [5, 5.41) is 0. The van der Waals surface area contributed by atoms with Gasteiger partial charge in [-0.2, -0.15) is 0 Å². The highest BCUT2D eigenvalue weighted by Crippen LogP contribution is 2.18. The lowest BCUT2D eigenvalue weighted by Crippen LogP contribution is -2.41. The maximum atomic E-state index is 13.2. The van der Waals surface area contributed by atoms with Crippen molar-refractivity contribution in [1.29, 1.82) is 0 Å². The second-order valence-corrected chi connectivity index (χ2v) is 7.33. The molecule has 0 N–H and O–H groups in total. The van der Waals surface area contributed by atoms with Gasteiger partial charge >= 0.3 is 5.69 Å². The molecule has 0 bridgehead atoms. The van der Waals surface area contributed by atoms with E-state index >= 15 is 0 Å². The van der Waals surface area contributed by atoms with Crippen LogP contribution in [-0.4, -0.2) is 18.7 Å². The number of benzene rings is 1. The average molecular weight is 354 g/mol. The van der Waals surface area contributed by atoms with Gasteiger partial charge in [-0.25, -0.2) is 14.3 Å². The molecule has 0 spiro atoms. The molecule has 0 amide bonds. The number of imidazole rings is 1. The molecule has 0 radical (unpaired) electrons. The minimum Gasteiger partial charge on any atom is -0.325 e. The van der Waals surface area contributed by atoms with Crippen molar-refractivity contribution < 1.29 is 0 Å². The molecule has 0 aliphatic heterocycles. The van der Waals surface area contributed by atoms with E-state index in [9.17, 15) is 9.59 Å². The molecule has 0 atom stereocenters. The lowest BCUT2D eigenvalue weighted by atomic mass is 10.1. The SMILES string of the molecule is CCCn1cnc2c1c(=O)n(CC(C)C)c(=O)n2-c1ccc(C)cc1C. The summed E-state index contributed by atoms with van der Waals surface area (Å²) >= 11 is 0. The van der Waals surface area contributed by atoms with E-state index in [1.165, 1.54) is 4.57 Å². The first kappa shape index (κ1) is 18.2. The van der Waals surface area contributed by atoms with Crippen LogP contribution < -0.4 is 11.2 Å². The Kier molecular flexibility index (Phi) is 4.85. The zero-order valence-corrected chi connectivity index (χ0v) is 16.1. The van der Waals surface area contributed by atoms with Gasteiger partial charge in [0.05, 0.1) is 12.0 Å². The van der Waals surface area contributed by atoms with Crippen molar-refractivity contribution in [3.8, 4) is 5.69 Å². The van der Waals surface area contributed by atoms with E-state index in [1.54, 1.807) is 10.9 Å². The maximum Gasteiger partial charge on any atom is 0.337 e. The van der Waals surface area contributed by atoms with Crippen LogP contribution in [0.2, 0.25) is 0 Å². The van der Waals surface area contributed by atoms with Gasteiger partial charge in [-0.15, -0.1) is 0 Å². The Balaban J connectivity index is 2.45. The van der Waals surface area contributed by atoms with Crippen LogP contribution in [0.15, 0.2) is 34.1 Å². The van der Waals surface area contributed by atoms with Gasteiger partial charge in [-0.1, -0.05) is 38.5 Å². The highest BCUT2D eigenvalue weighted by molar-refractivity contribution is 5.72. The molecule has 0 saturated carbocycles. The average Bonchev–Trinajstić information content (AvgIpc) is 2.97. The topological polar surface area (TPSA) is 61.8 Å². The van der Waals surface area contributed by atoms with E-state index in [4.69, 9.17) is 0 Å². The molecule has 3 rings (SSSR count). The third-order valence-corrected chi connectivity index (χ3v) is 4.51. The van der Waals surface area contributed by atoms with Crippen molar-refractivity contribution in [2.75, 3.05) is 0 Å². The van der Waals surface area contributed by atoms with Crippen LogP contribution in [0.1, 0.15) is 38.3 Å². The fourth-order valence-corrected chi connectivity index (χ4v) is 3.39. The number of hydrogen-bond acceptors (Lipinski definition) is 3. The zero-order chi connectivity index (χ0) is 19.0. The second kappa shape index (κ2) is 6.94. The van der Waals surface area contributed by atoms with Crippen LogP contribution in [0, 0.1) is 19.8 Å². The van der Waals surface area contributed by atoms with Gasteiger partial charge in [0, 0.05) is 13.1 Å². The van der Waals surface area contributed by atoms with E-state index in [0.29, 0.717) is 24.3 Å². The van der Waals surface area contributed by atoms with E-state index < -0.39 is 0 Å². The van der Waals surface area contributed by atoms with Gasteiger partial charge in [0.25, 0.3) is 5.56 Å². The third kappa shape index (κ3) is 3.00. The van der Waals surface area contributed by atoms with E-state index in [1.807, 2.05) is 50.5 Å². The molecule has 6 heteroatoms. The van der Waals surface area contributed by atoms with Crippen LogP contribution in [-0.2, 0) is 13.1 Å². The molecule has 0 fully saturated rings. The predicted octanol–water partition coefficient (Wildman–Crippen LogP) is 3.03. The Morgan fingerprint density at radius 1 is 1.15 bits per heavy atom. The summed E-state index contributed by atoms with van der Waals surface area (Å²) in [4.78, 5) is 30.7. The number of rotatable bonds is 5. The van der Waals surface area contributed by atoms with Crippen LogP contribution in [0.5, 0.6) is 0 Å². The number of aryl methyl sites for hydroxylation is 3. The van der Waals surface area contributed by atoms with Crippen molar-refractivity contribution in [1.82, 2.24) is 18.7 Å². The maximum absolute atomic E-state index is 13.2. The molecular weight excluding hydrogens is 328 g/mol. The zero-order valence-electron chi connectivity index (χ0n) is 16.1. The number of fused-ring (bicyclic) bond motifs is 1. The molecule has 0 aliphatic rings. The summed E-state index contributed by atoms with van der Waals surface area (Å²) in [5.41, 5.74) is 3.21. The Labute approximate surface area is 152 Å². The van der Waals surface area contributed by atoms with Crippen molar-refractivity contribution in [2.24, 2.45) is 5.92 Å². The predicted molar refractivity (Wildman–Crippen MR) is 104 cm³/mol. The van der Waals surface area contributed by atoms with Gasteiger partial charge in [0.1, 0.15) is 0 Å². The van der Waals surface area contributed by atoms with E-state index in [2.05, 4.69) is 11.9 Å². The fourth-order valence-electron chi connectivity index (χ4n) is 3.39. The summed E-state index contributed by atoms with van der Waals surface area (Å²) in [6, 6.07) is 5.94. The van der Waals surface area contributed by atoms with Gasteiger partial charge in [0.15, 0.2) is 11.2 Å². The number of aromatic nitrogens is 4. The lowest BCUT2D eigenvalue weighted by Gasteiger charge is -2.15. The lowest BCUT2D eigenvalue weighted by molar-refractivity contribution is 0.488. The Morgan fingerprint density at radius 2 is 1.88 bits per heavy atom. The first-order valence-corrected chi connectivity index (χ1v) is 9.13. The molecule has 0 saturated heterocycles. The monoisotopic (exact) mass is 354 g/mol. The summed E-state index contributed by atoms with van der Waals surface area (Å²) in [6.45, 7) is 11.1. The van der Waals surface area contributed by atoms with Gasteiger partial charge in [0.2, 0.25) is 0 Å². The standard InChI is InChI=1S/C20H26N4O2/c1-6-9-22-12-21-18-17(22)19(25)23(11-13(2)3)20(26)24(18)16-8-7-14(4)10-15(16)5/h7-8,10,12-13H,6,9,11H2,1-5H3. The third-order valence-electron chi connectivity index (χ3n) is 4.51. The smallest absolute Gasteiger partial charge is 0.325 e. The number of hydrogen-bond donors (Lipinski definition) is 0. The van der Waals surface area contributed by atoms with Crippen molar-refractivity contribution in [3.05, 3.63) is 56.5 Å². The minimum absolute atomic E-state index is 0.188. The summed E-state index contributed by atoms with van der Waals surface area (Å²) < 4.78 is 4.79. The quantitative estimate of drug-likeness (QED) is 0.707. The Morgan fingerprint density at radius 3 is 2.50 bits per heavy atom. The summed E-state index contributed by atoms with van der Waals surface area (Å²) in [7, 11) is 0. The van der Waals surface area contributed by atoms with Crippen molar-refractivity contribution >= 4 is 11.2 Å². The summed E-state index contributed by atoms with van der Waals surface area (Å²) in [6.07, 6.45) is 2.55. The van der Waals surface area contributed by atoms with Crippen molar-refractivity contribution in [3.63, 3.8) is 0 Å². The van der Waals surface area contributed by atoms with E-state index in [0.717, 1.165) is 23.2 Å². The first-order valence-electron chi connectivity index (χ1n) is 9.13. The normalized spacial score (nSPS) is 11.6. The molecule has 138 valence electrons. The molecule has 0 aliphatic carbocycles. The fraction of sp³-hybridized carbons (Fsp3) is 0.450. The molecule has 0 unspecified atom stereocenters. The molecular formula is C20H26N4O2. The highest BCUT2D eigenvalue weighted by atomic mass is 16.2. The minimum atomic E-state index is -0.329. The molecule has 6 nitrogen and oxygen atoms in total. The van der Waals surface area contributed by atoms with Gasteiger partial charge < -0.3 is 4.57 Å². The second-order valence-electron chi connectivity index (χ2n) is 7.33. The van der Waals surface area contributed by atoms with Crippen molar-refractivity contribution in [2.45, 2.75) is 54.1 Å². The Hall–Kier alpha value is -2.63. The number of nitrogens with zero attached hydrogens (tertiary/aromatic N) is 4. The van der Waals surface area contributed by atoms with Gasteiger partial charge in [-0.3, -0.25) is 9.36 Å². The van der Waals surface area contributed by atoms with Crippen LogP contribution in [0.4, 0.5) is 0 Å². The van der Waals surface area contributed by atoms with Crippen LogP contribution >= 0.6 is 0 Å². The molecule has 3 aromatic rings. The van der Waals surface area contributed by atoms with Crippen LogP contribution in [0.25, 0.3) is 16.9 Å². The van der Waals surface area contributed by atoms with E-state index in [-0.39, 0.29) is 17.2 Å². The van der Waals surface area contributed by atoms with Crippen LogP contribution in [0.3, 0.4) is 0 Å². The molecule has 1 aromatic carbocycles. The molecule has 2 aromatic heterocycles. The Bertz CT molecular complexity index is 1070. The largest absolute Gasteiger partial charge is 0.337 e. The summed E-state index contributed by atoms with van der Waals surface area (Å²) in [5.74, 6) is 0.188. The molecule has 26 heavy (non-hydrogen) atoms.